The molecule has 0 aromatic rings. The number of hydrogen-bond donors (Lipinski definition) is 2. The van der Waals surface area contributed by atoms with E-state index in [2.05, 4.69) is 4.72 Å². The highest BCUT2D eigenvalue weighted by Crippen LogP contribution is 2.38. The van der Waals surface area contributed by atoms with Gasteiger partial charge in [0.15, 0.2) is 0 Å². The molecule has 17 heavy (non-hydrogen) atoms. The summed E-state index contributed by atoms with van der Waals surface area (Å²) < 4.78 is 40.9. The maximum atomic E-state index is 12.8. The minimum Gasteiger partial charge on any atom is -0.371 e. The Morgan fingerprint density at radius 2 is 2.00 bits per heavy atom. The van der Waals surface area contributed by atoms with Gasteiger partial charge in [-0.25, -0.2) is 4.72 Å². The molecule has 1 aliphatic carbocycles. The van der Waals surface area contributed by atoms with E-state index in [1.165, 1.54) is 26.0 Å². The predicted octanol–water partition coefficient (Wildman–Crippen LogP) is 2.87. The Morgan fingerprint density at radius 3 is 2.47 bits per heavy atom. The largest absolute Gasteiger partial charge is 0.395 e. The topological polar surface area (TPSA) is 32.3 Å². The molecule has 0 saturated carbocycles. The van der Waals surface area contributed by atoms with Crippen LogP contribution in [0.1, 0.15) is 13.8 Å². The van der Waals surface area contributed by atoms with Crippen molar-refractivity contribution < 1.29 is 18.3 Å². The van der Waals surface area contributed by atoms with Gasteiger partial charge in [0, 0.05) is 0 Å². The molecule has 1 rings (SSSR count). The molecule has 0 aromatic heterocycles. The summed E-state index contributed by atoms with van der Waals surface area (Å²) in [4.78, 5) is 0. The van der Waals surface area contributed by atoms with E-state index >= 15 is 0 Å². The molecule has 0 radical (unpaired) electrons. The van der Waals surface area contributed by atoms with Gasteiger partial charge in [0.2, 0.25) is 0 Å². The molecule has 0 heterocycles. The molecule has 2 nitrogen and oxygen atoms in total. The molecule has 3 atom stereocenters. The van der Waals surface area contributed by atoms with Crippen LogP contribution in [0, 0.1) is 11.8 Å². The van der Waals surface area contributed by atoms with Gasteiger partial charge in [-0.1, -0.05) is 37.1 Å². The van der Waals surface area contributed by atoms with Crippen LogP contribution in [0.4, 0.5) is 13.2 Å². The molecule has 98 valence electrons. The molecule has 0 amide bonds. The fraction of sp³-hybridized carbons (Fsp3) is 0.636. The first-order valence-electron chi connectivity index (χ1n) is 5.18. The average Bonchev–Trinajstić information content (AvgIpc) is 2.15. The third kappa shape index (κ3) is 3.50. The van der Waals surface area contributed by atoms with Crippen molar-refractivity contribution in [1.82, 2.24) is 4.72 Å². The highest BCUT2D eigenvalue weighted by molar-refractivity contribution is 7.96. The van der Waals surface area contributed by atoms with Crippen LogP contribution in [0.5, 0.6) is 0 Å². The number of rotatable bonds is 3. The van der Waals surface area contributed by atoms with Gasteiger partial charge < -0.3 is 5.11 Å². The van der Waals surface area contributed by atoms with E-state index in [1.807, 2.05) is 0 Å². The van der Waals surface area contributed by atoms with E-state index in [-0.39, 0.29) is 5.57 Å². The van der Waals surface area contributed by atoms with Crippen LogP contribution in [0.25, 0.3) is 0 Å². The molecule has 0 bridgehead atoms. The van der Waals surface area contributed by atoms with Crippen LogP contribution in [0.2, 0.25) is 0 Å². The quantitative estimate of drug-likeness (QED) is 0.609. The molecule has 0 spiro atoms. The van der Waals surface area contributed by atoms with Crippen molar-refractivity contribution >= 4 is 11.9 Å². The molecular formula is C11H16F3NOS. The van der Waals surface area contributed by atoms with E-state index in [9.17, 15) is 18.3 Å². The van der Waals surface area contributed by atoms with Gasteiger partial charge in [0.25, 0.3) is 0 Å². The Balaban J connectivity index is 2.99. The molecule has 1 aliphatic rings. The van der Waals surface area contributed by atoms with Crippen molar-refractivity contribution in [2.75, 3.05) is 6.26 Å². The van der Waals surface area contributed by atoms with Crippen molar-refractivity contribution in [2.24, 2.45) is 11.8 Å². The van der Waals surface area contributed by atoms with E-state index < -0.39 is 23.7 Å². The predicted molar refractivity (Wildman–Crippen MR) is 63.2 cm³/mol. The van der Waals surface area contributed by atoms with Crippen LogP contribution in [-0.4, -0.2) is 23.3 Å². The summed E-state index contributed by atoms with van der Waals surface area (Å²) in [6, 6.07) is 0. The molecule has 3 unspecified atom stereocenters. The van der Waals surface area contributed by atoms with Crippen molar-refractivity contribution in [2.45, 2.75) is 25.7 Å². The Kier molecular flexibility index (Phi) is 4.33. The molecule has 0 aliphatic heterocycles. The summed E-state index contributed by atoms with van der Waals surface area (Å²) in [5.41, 5.74) is -1.22. The van der Waals surface area contributed by atoms with Crippen molar-refractivity contribution in [1.29, 1.82) is 0 Å². The first kappa shape index (κ1) is 14.6. The Labute approximate surface area is 103 Å². The lowest BCUT2D eigenvalue weighted by atomic mass is 9.84. The second kappa shape index (κ2) is 5.04. The minimum absolute atomic E-state index is 0.243. The second-order valence-electron chi connectivity index (χ2n) is 4.29. The molecular weight excluding hydrogens is 251 g/mol. The Morgan fingerprint density at radius 1 is 1.41 bits per heavy atom. The van der Waals surface area contributed by atoms with Crippen LogP contribution in [-0.2, 0) is 0 Å². The summed E-state index contributed by atoms with van der Waals surface area (Å²) in [7, 11) is 0. The van der Waals surface area contributed by atoms with Gasteiger partial charge in [-0.15, -0.1) is 0 Å². The lowest BCUT2D eigenvalue weighted by Gasteiger charge is -2.31. The number of allylic oxidation sites excluding steroid dienone is 2. The van der Waals surface area contributed by atoms with Crippen LogP contribution in [0.15, 0.2) is 23.8 Å². The zero-order chi connectivity index (χ0) is 13.3. The molecule has 2 N–H and O–H groups in total. The molecule has 0 saturated heterocycles. The van der Waals surface area contributed by atoms with E-state index in [4.69, 9.17) is 0 Å². The third-order valence-electron chi connectivity index (χ3n) is 2.75. The maximum Gasteiger partial charge on any atom is 0.395 e. The first-order chi connectivity index (χ1) is 7.68. The number of nitrogens with one attached hydrogen (secondary N) is 1. The number of hydrogen-bond acceptors (Lipinski definition) is 3. The van der Waals surface area contributed by atoms with Crippen molar-refractivity contribution in [3.05, 3.63) is 23.8 Å². The van der Waals surface area contributed by atoms with E-state index in [0.717, 1.165) is 18.0 Å². The zero-order valence-electron chi connectivity index (χ0n) is 9.88. The second-order valence-corrected chi connectivity index (χ2v) is 4.90. The van der Waals surface area contributed by atoms with Crippen molar-refractivity contribution in [3.8, 4) is 0 Å². The number of alkyl halides is 3. The Bertz CT molecular complexity index is 336. The van der Waals surface area contributed by atoms with E-state index in [0.29, 0.717) is 0 Å². The Hall–Kier alpha value is -0.460. The summed E-state index contributed by atoms with van der Waals surface area (Å²) in [5.74, 6) is -2.15. The molecule has 0 fully saturated rings. The summed E-state index contributed by atoms with van der Waals surface area (Å²) in [6.45, 7) is 2.95. The lowest BCUT2D eigenvalue weighted by molar-refractivity contribution is -0.169. The SMILES string of the molecule is CSNC(C)(O)C1=CC(C(F)(F)F)C(C)C=C1. The zero-order valence-corrected chi connectivity index (χ0v) is 10.7. The average molecular weight is 267 g/mol. The standard InChI is InChI=1S/C11H16F3NOS/c1-7-4-5-8(10(2,16)15-17-3)6-9(7)11(12,13)14/h4-7,9,15-16H,1-3H3. The first-order valence-corrected chi connectivity index (χ1v) is 6.40. The maximum absolute atomic E-state index is 12.8. The smallest absolute Gasteiger partial charge is 0.371 e. The normalized spacial score (nSPS) is 28.8. The molecule has 0 aromatic carbocycles. The van der Waals surface area contributed by atoms with Gasteiger partial charge in [-0.3, -0.25) is 0 Å². The summed E-state index contributed by atoms with van der Waals surface area (Å²) in [6.07, 6.45) is 1.52. The van der Waals surface area contributed by atoms with Crippen LogP contribution < -0.4 is 4.72 Å². The minimum atomic E-state index is -4.29. The van der Waals surface area contributed by atoms with Gasteiger partial charge in [-0.05, 0) is 24.7 Å². The van der Waals surface area contributed by atoms with Crippen LogP contribution in [0.3, 0.4) is 0 Å². The van der Waals surface area contributed by atoms with Gasteiger partial charge in [-0.2, -0.15) is 13.2 Å². The number of aliphatic hydroxyl groups is 1. The van der Waals surface area contributed by atoms with Crippen LogP contribution >= 0.6 is 11.9 Å². The number of halogens is 3. The fourth-order valence-electron chi connectivity index (χ4n) is 1.75. The van der Waals surface area contributed by atoms with Crippen molar-refractivity contribution in [3.63, 3.8) is 0 Å². The monoisotopic (exact) mass is 267 g/mol. The summed E-state index contributed by atoms with van der Waals surface area (Å²) in [5, 5.41) is 9.99. The summed E-state index contributed by atoms with van der Waals surface area (Å²) >= 11 is 1.16. The van der Waals surface area contributed by atoms with Gasteiger partial charge >= 0.3 is 6.18 Å². The highest BCUT2D eigenvalue weighted by Gasteiger charge is 2.43. The van der Waals surface area contributed by atoms with Gasteiger partial charge in [0.05, 0.1) is 5.92 Å². The molecule has 6 heteroatoms. The van der Waals surface area contributed by atoms with E-state index in [1.54, 1.807) is 6.26 Å². The highest BCUT2D eigenvalue weighted by atomic mass is 32.2. The third-order valence-corrected chi connectivity index (χ3v) is 3.35. The lowest BCUT2D eigenvalue weighted by Crippen LogP contribution is -2.41. The fourth-order valence-corrected chi connectivity index (χ4v) is 2.27. The van der Waals surface area contributed by atoms with Gasteiger partial charge in [0.1, 0.15) is 5.72 Å².